The van der Waals surface area contributed by atoms with E-state index in [2.05, 4.69) is 36.5 Å². The van der Waals surface area contributed by atoms with Crippen LogP contribution in [0.25, 0.3) is 0 Å². The van der Waals surface area contributed by atoms with Gasteiger partial charge >= 0.3 is 0 Å². The van der Waals surface area contributed by atoms with Gasteiger partial charge in [0.05, 0.1) is 6.26 Å². The monoisotopic (exact) mass is 282 g/mol. The highest BCUT2D eigenvalue weighted by atomic mass is 32.2. The summed E-state index contributed by atoms with van der Waals surface area (Å²) in [6.07, 6.45) is 3.06. The number of benzene rings is 1. The Morgan fingerprint density at radius 3 is 2.32 bits per heavy atom. The van der Waals surface area contributed by atoms with Crippen LogP contribution < -0.4 is 5.32 Å². The van der Waals surface area contributed by atoms with Gasteiger partial charge in [-0.1, -0.05) is 29.8 Å². The normalized spacial score (nSPS) is 18.6. The van der Waals surface area contributed by atoms with Crippen molar-refractivity contribution in [2.24, 2.45) is 0 Å². The van der Waals surface area contributed by atoms with Gasteiger partial charge in [0, 0.05) is 25.7 Å². The van der Waals surface area contributed by atoms with Crippen LogP contribution in [0.5, 0.6) is 0 Å². The van der Waals surface area contributed by atoms with E-state index in [0.29, 0.717) is 19.1 Å². The number of piperidine rings is 1. The molecule has 1 saturated heterocycles. The smallest absolute Gasteiger partial charge is 0.211 e. The van der Waals surface area contributed by atoms with Gasteiger partial charge in [0.15, 0.2) is 0 Å². The Morgan fingerprint density at radius 2 is 1.79 bits per heavy atom. The highest BCUT2D eigenvalue weighted by Gasteiger charge is 2.24. The Hall–Kier alpha value is -0.910. The lowest BCUT2D eigenvalue weighted by Gasteiger charge is -2.30. The quantitative estimate of drug-likeness (QED) is 0.910. The molecule has 1 aromatic carbocycles. The summed E-state index contributed by atoms with van der Waals surface area (Å²) < 4.78 is 24.4. The fourth-order valence-electron chi connectivity index (χ4n) is 2.36. The van der Waals surface area contributed by atoms with Gasteiger partial charge in [-0.25, -0.2) is 12.7 Å². The number of nitrogens with one attached hydrogen (secondary N) is 1. The molecule has 1 heterocycles. The number of rotatable bonds is 4. The van der Waals surface area contributed by atoms with Crippen LogP contribution in [0.15, 0.2) is 24.3 Å². The molecule has 0 aromatic heterocycles. The van der Waals surface area contributed by atoms with Gasteiger partial charge in [-0.2, -0.15) is 0 Å². The fourth-order valence-corrected chi connectivity index (χ4v) is 3.23. The van der Waals surface area contributed by atoms with Gasteiger partial charge in [0.25, 0.3) is 0 Å². The molecule has 5 heteroatoms. The molecule has 4 nitrogen and oxygen atoms in total. The van der Waals surface area contributed by atoms with Crippen LogP contribution in [0.4, 0.5) is 0 Å². The van der Waals surface area contributed by atoms with Crippen molar-refractivity contribution >= 4 is 10.0 Å². The van der Waals surface area contributed by atoms with E-state index in [1.54, 1.807) is 4.31 Å². The van der Waals surface area contributed by atoms with Crippen LogP contribution in [-0.2, 0) is 16.6 Å². The number of nitrogens with zero attached hydrogens (tertiary/aromatic N) is 1. The molecule has 0 spiro atoms. The van der Waals surface area contributed by atoms with Gasteiger partial charge in [-0.3, -0.25) is 0 Å². The van der Waals surface area contributed by atoms with Crippen LogP contribution in [-0.4, -0.2) is 38.1 Å². The van der Waals surface area contributed by atoms with E-state index < -0.39 is 10.0 Å². The van der Waals surface area contributed by atoms with E-state index in [1.807, 2.05) is 0 Å². The molecular weight excluding hydrogens is 260 g/mol. The van der Waals surface area contributed by atoms with Crippen molar-refractivity contribution in [2.45, 2.75) is 32.4 Å². The van der Waals surface area contributed by atoms with Gasteiger partial charge < -0.3 is 5.32 Å². The summed E-state index contributed by atoms with van der Waals surface area (Å²) in [5.74, 6) is 0. The Labute approximate surface area is 115 Å². The molecule has 106 valence electrons. The van der Waals surface area contributed by atoms with Crippen molar-refractivity contribution in [2.75, 3.05) is 19.3 Å². The molecule has 0 saturated carbocycles. The van der Waals surface area contributed by atoms with Crippen LogP contribution >= 0.6 is 0 Å². The maximum atomic E-state index is 11.4. The van der Waals surface area contributed by atoms with Crippen molar-refractivity contribution in [3.63, 3.8) is 0 Å². The molecule has 0 unspecified atom stereocenters. The Kier molecular flexibility index (Phi) is 4.60. The molecule has 0 atom stereocenters. The summed E-state index contributed by atoms with van der Waals surface area (Å²) in [5, 5.41) is 3.51. The number of hydrogen-bond donors (Lipinski definition) is 1. The maximum Gasteiger partial charge on any atom is 0.211 e. The third-order valence-corrected chi connectivity index (χ3v) is 4.94. The SMILES string of the molecule is Cc1ccc(CNC2CCN(S(C)(=O)=O)CC2)cc1. The third-order valence-electron chi connectivity index (χ3n) is 3.64. The van der Waals surface area contributed by atoms with Gasteiger partial charge in [0.2, 0.25) is 10.0 Å². The Bertz CT molecular complexity index is 503. The van der Waals surface area contributed by atoms with Crippen LogP contribution in [0.2, 0.25) is 0 Å². The molecule has 1 aromatic rings. The van der Waals surface area contributed by atoms with Crippen LogP contribution in [0, 0.1) is 6.92 Å². The van der Waals surface area contributed by atoms with Crippen LogP contribution in [0.1, 0.15) is 24.0 Å². The second-order valence-corrected chi connectivity index (χ2v) is 7.29. The highest BCUT2D eigenvalue weighted by Crippen LogP contribution is 2.14. The Balaban J connectivity index is 1.78. The fraction of sp³-hybridized carbons (Fsp3) is 0.571. The summed E-state index contributed by atoms with van der Waals surface area (Å²) >= 11 is 0. The maximum absolute atomic E-state index is 11.4. The van der Waals surface area contributed by atoms with Crippen molar-refractivity contribution < 1.29 is 8.42 Å². The number of hydrogen-bond acceptors (Lipinski definition) is 3. The topological polar surface area (TPSA) is 49.4 Å². The molecular formula is C14H22N2O2S. The van der Waals surface area contributed by atoms with Crippen molar-refractivity contribution in [1.82, 2.24) is 9.62 Å². The molecule has 0 bridgehead atoms. The highest BCUT2D eigenvalue weighted by molar-refractivity contribution is 7.88. The van der Waals surface area contributed by atoms with E-state index in [1.165, 1.54) is 17.4 Å². The second kappa shape index (κ2) is 6.03. The average molecular weight is 282 g/mol. The van der Waals surface area contributed by atoms with E-state index in [-0.39, 0.29) is 0 Å². The van der Waals surface area contributed by atoms with E-state index in [0.717, 1.165) is 19.4 Å². The largest absolute Gasteiger partial charge is 0.310 e. The predicted molar refractivity (Wildman–Crippen MR) is 77.5 cm³/mol. The zero-order valence-electron chi connectivity index (χ0n) is 11.6. The molecule has 1 fully saturated rings. The van der Waals surface area contributed by atoms with E-state index in [9.17, 15) is 8.42 Å². The lowest BCUT2D eigenvalue weighted by Crippen LogP contribution is -2.44. The minimum absolute atomic E-state index is 0.416. The first-order chi connectivity index (χ1) is 8.95. The molecule has 1 N–H and O–H groups in total. The first kappa shape index (κ1) is 14.5. The van der Waals surface area contributed by atoms with Gasteiger partial charge in [0.1, 0.15) is 0 Å². The lowest BCUT2D eigenvalue weighted by atomic mass is 10.1. The molecule has 1 aliphatic heterocycles. The van der Waals surface area contributed by atoms with E-state index >= 15 is 0 Å². The molecule has 0 radical (unpaired) electrons. The molecule has 1 aliphatic rings. The number of sulfonamides is 1. The zero-order chi connectivity index (χ0) is 13.9. The minimum atomic E-state index is -3.02. The summed E-state index contributed by atoms with van der Waals surface area (Å²) in [7, 11) is -3.02. The standard InChI is InChI=1S/C14H22N2O2S/c1-12-3-5-13(6-4-12)11-15-14-7-9-16(10-8-14)19(2,17)18/h3-6,14-15H,7-11H2,1-2H3. The molecule has 2 rings (SSSR count). The third kappa shape index (κ3) is 4.30. The molecule has 0 amide bonds. The zero-order valence-corrected chi connectivity index (χ0v) is 12.4. The predicted octanol–water partition coefficient (Wildman–Crippen LogP) is 1.51. The van der Waals surface area contributed by atoms with Crippen molar-refractivity contribution in [1.29, 1.82) is 0 Å². The number of aryl methyl sites for hydroxylation is 1. The summed E-state index contributed by atoms with van der Waals surface area (Å²) in [5.41, 5.74) is 2.54. The molecule has 0 aliphatic carbocycles. The van der Waals surface area contributed by atoms with Crippen LogP contribution in [0.3, 0.4) is 0 Å². The van der Waals surface area contributed by atoms with Gasteiger partial charge in [-0.15, -0.1) is 0 Å². The summed E-state index contributed by atoms with van der Waals surface area (Å²) in [4.78, 5) is 0. The lowest BCUT2D eigenvalue weighted by molar-refractivity contribution is 0.290. The average Bonchev–Trinajstić information content (AvgIpc) is 2.37. The Morgan fingerprint density at radius 1 is 1.21 bits per heavy atom. The second-order valence-electron chi connectivity index (χ2n) is 5.30. The molecule has 19 heavy (non-hydrogen) atoms. The summed E-state index contributed by atoms with van der Waals surface area (Å²) in [6.45, 7) is 4.19. The minimum Gasteiger partial charge on any atom is -0.310 e. The first-order valence-corrected chi connectivity index (χ1v) is 8.54. The van der Waals surface area contributed by atoms with Crippen molar-refractivity contribution in [3.05, 3.63) is 35.4 Å². The first-order valence-electron chi connectivity index (χ1n) is 6.69. The summed E-state index contributed by atoms with van der Waals surface area (Å²) in [6, 6.07) is 8.91. The van der Waals surface area contributed by atoms with Gasteiger partial charge in [-0.05, 0) is 25.3 Å². The van der Waals surface area contributed by atoms with Crippen molar-refractivity contribution in [3.8, 4) is 0 Å². The van der Waals surface area contributed by atoms with E-state index in [4.69, 9.17) is 0 Å².